The Morgan fingerprint density at radius 1 is 1.50 bits per heavy atom. The van der Waals surface area contributed by atoms with Gasteiger partial charge in [0.2, 0.25) is 0 Å². The van der Waals surface area contributed by atoms with E-state index in [0.717, 1.165) is 5.56 Å². The van der Waals surface area contributed by atoms with Crippen molar-refractivity contribution < 1.29 is 9.50 Å². The van der Waals surface area contributed by atoms with Crippen LogP contribution < -0.4 is 0 Å². The Hall–Kier alpha value is -1.15. The molecule has 2 heteroatoms. The minimum absolute atomic E-state index is 0.261. The molecule has 12 heavy (non-hydrogen) atoms. The normalized spacial score (nSPS) is 13.6. The monoisotopic (exact) mass is 166 g/mol. The molecule has 0 saturated carbocycles. The number of aliphatic hydroxyl groups is 1. The predicted octanol–water partition coefficient (Wildman–Crippen LogP) is 2.22. The first-order valence-corrected chi connectivity index (χ1v) is 3.80. The van der Waals surface area contributed by atoms with E-state index in [-0.39, 0.29) is 5.82 Å². The number of hydrogen-bond acceptors (Lipinski definition) is 1. The Morgan fingerprint density at radius 3 is 2.83 bits per heavy atom. The fourth-order valence-electron chi connectivity index (χ4n) is 0.861. The molecule has 1 aromatic carbocycles. The summed E-state index contributed by atoms with van der Waals surface area (Å²) in [4.78, 5) is 0. The molecule has 1 atom stereocenters. The zero-order valence-electron chi connectivity index (χ0n) is 6.87. The van der Waals surface area contributed by atoms with Crippen molar-refractivity contribution in [3.63, 3.8) is 0 Å². The summed E-state index contributed by atoms with van der Waals surface area (Å²) >= 11 is 0. The van der Waals surface area contributed by atoms with E-state index >= 15 is 0 Å². The average Bonchev–Trinajstić information content (AvgIpc) is 2.01. The largest absolute Gasteiger partial charge is 0.389 e. The van der Waals surface area contributed by atoms with Crippen LogP contribution >= 0.6 is 0 Å². The van der Waals surface area contributed by atoms with Crippen molar-refractivity contribution in [3.05, 3.63) is 41.7 Å². The van der Waals surface area contributed by atoms with Gasteiger partial charge in [-0.25, -0.2) is 4.39 Å². The van der Waals surface area contributed by atoms with Gasteiger partial charge >= 0.3 is 0 Å². The van der Waals surface area contributed by atoms with Gasteiger partial charge in [0.15, 0.2) is 0 Å². The van der Waals surface area contributed by atoms with E-state index in [0.29, 0.717) is 0 Å². The first-order valence-electron chi connectivity index (χ1n) is 3.80. The first-order chi connectivity index (χ1) is 5.68. The van der Waals surface area contributed by atoms with Gasteiger partial charge < -0.3 is 5.11 Å². The number of halogens is 1. The summed E-state index contributed by atoms with van der Waals surface area (Å²) in [5.74, 6) is -0.261. The van der Waals surface area contributed by atoms with E-state index in [9.17, 15) is 4.39 Å². The third-order valence-electron chi connectivity index (χ3n) is 1.42. The van der Waals surface area contributed by atoms with Gasteiger partial charge in [-0.3, -0.25) is 0 Å². The van der Waals surface area contributed by atoms with Gasteiger partial charge in [0.25, 0.3) is 0 Å². The molecular weight excluding hydrogens is 155 g/mol. The molecule has 64 valence electrons. The Labute approximate surface area is 71.2 Å². The van der Waals surface area contributed by atoms with Crippen LogP contribution in [0.2, 0.25) is 0 Å². The highest BCUT2D eigenvalue weighted by atomic mass is 19.1. The quantitative estimate of drug-likeness (QED) is 0.714. The Morgan fingerprint density at radius 2 is 2.25 bits per heavy atom. The van der Waals surface area contributed by atoms with E-state index in [1.54, 1.807) is 31.2 Å². The van der Waals surface area contributed by atoms with E-state index in [1.807, 2.05) is 0 Å². The van der Waals surface area contributed by atoms with Crippen LogP contribution in [0.25, 0.3) is 6.08 Å². The molecule has 0 spiro atoms. The Kier molecular flexibility index (Phi) is 3.00. The first kappa shape index (κ1) is 8.94. The zero-order chi connectivity index (χ0) is 8.97. The Balaban J connectivity index is 2.76. The molecular formula is C10H11FO. The minimum atomic E-state index is -0.492. The SMILES string of the molecule is C[C@@H](O)/C=C/c1cccc(F)c1. The molecule has 0 aliphatic heterocycles. The highest BCUT2D eigenvalue weighted by Crippen LogP contribution is 2.05. The molecule has 0 heterocycles. The minimum Gasteiger partial charge on any atom is -0.389 e. The fraction of sp³-hybridized carbons (Fsp3) is 0.200. The molecule has 0 amide bonds. The van der Waals surface area contributed by atoms with E-state index in [2.05, 4.69) is 0 Å². The predicted molar refractivity (Wildman–Crippen MR) is 47.1 cm³/mol. The summed E-state index contributed by atoms with van der Waals surface area (Å²) in [6.45, 7) is 1.65. The van der Waals surface area contributed by atoms with Gasteiger partial charge in [-0.05, 0) is 24.6 Å². The van der Waals surface area contributed by atoms with Gasteiger partial charge in [0, 0.05) is 0 Å². The van der Waals surface area contributed by atoms with Crippen LogP contribution in [0.3, 0.4) is 0 Å². The second kappa shape index (κ2) is 4.02. The lowest BCUT2D eigenvalue weighted by atomic mass is 10.2. The maximum absolute atomic E-state index is 12.6. The molecule has 0 aliphatic rings. The van der Waals surface area contributed by atoms with E-state index in [4.69, 9.17) is 5.11 Å². The molecule has 1 N–H and O–H groups in total. The smallest absolute Gasteiger partial charge is 0.123 e. The molecule has 0 radical (unpaired) electrons. The van der Waals surface area contributed by atoms with Gasteiger partial charge in [-0.1, -0.05) is 24.3 Å². The molecule has 0 bridgehead atoms. The van der Waals surface area contributed by atoms with Crippen molar-refractivity contribution in [2.75, 3.05) is 0 Å². The highest BCUT2D eigenvalue weighted by molar-refractivity contribution is 5.49. The van der Waals surface area contributed by atoms with Gasteiger partial charge in [-0.2, -0.15) is 0 Å². The van der Waals surface area contributed by atoms with Gasteiger partial charge in [-0.15, -0.1) is 0 Å². The number of hydrogen-bond donors (Lipinski definition) is 1. The summed E-state index contributed by atoms with van der Waals surface area (Å²) in [5.41, 5.74) is 0.760. The maximum Gasteiger partial charge on any atom is 0.123 e. The van der Waals surface area contributed by atoms with Crippen LogP contribution in [0, 0.1) is 5.82 Å². The van der Waals surface area contributed by atoms with Crippen molar-refractivity contribution in [1.29, 1.82) is 0 Å². The van der Waals surface area contributed by atoms with Gasteiger partial charge in [0.05, 0.1) is 6.10 Å². The maximum atomic E-state index is 12.6. The summed E-state index contributed by atoms with van der Waals surface area (Å²) in [6, 6.07) is 6.22. The van der Waals surface area contributed by atoms with Crippen LogP contribution in [0.1, 0.15) is 12.5 Å². The summed E-state index contributed by atoms with van der Waals surface area (Å²) in [5, 5.41) is 8.90. The lowest BCUT2D eigenvalue weighted by Crippen LogP contribution is -1.91. The van der Waals surface area contributed by atoms with Crippen molar-refractivity contribution in [1.82, 2.24) is 0 Å². The molecule has 0 aliphatic carbocycles. The van der Waals surface area contributed by atoms with Gasteiger partial charge in [0.1, 0.15) is 5.82 Å². The second-order valence-electron chi connectivity index (χ2n) is 2.65. The third-order valence-corrected chi connectivity index (χ3v) is 1.42. The summed E-state index contributed by atoms with van der Waals surface area (Å²) in [6.07, 6.45) is 2.80. The number of aliphatic hydroxyl groups excluding tert-OH is 1. The summed E-state index contributed by atoms with van der Waals surface area (Å²) < 4.78 is 12.6. The lowest BCUT2D eigenvalue weighted by Gasteiger charge is -1.95. The average molecular weight is 166 g/mol. The van der Waals surface area contributed by atoms with Crippen molar-refractivity contribution >= 4 is 6.08 Å². The fourth-order valence-corrected chi connectivity index (χ4v) is 0.861. The second-order valence-corrected chi connectivity index (χ2v) is 2.65. The van der Waals surface area contributed by atoms with Crippen LogP contribution in [0.15, 0.2) is 30.3 Å². The topological polar surface area (TPSA) is 20.2 Å². The highest BCUT2D eigenvalue weighted by Gasteiger charge is 1.90. The number of rotatable bonds is 2. The molecule has 0 unspecified atom stereocenters. The van der Waals surface area contributed by atoms with Crippen molar-refractivity contribution in [2.45, 2.75) is 13.0 Å². The van der Waals surface area contributed by atoms with E-state index < -0.39 is 6.10 Å². The number of benzene rings is 1. The zero-order valence-corrected chi connectivity index (χ0v) is 6.87. The molecule has 1 nitrogen and oxygen atoms in total. The van der Waals surface area contributed by atoms with Crippen molar-refractivity contribution in [3.8, 4) is 0 Å². The molecule has 0 fully saturated rings. The molecule has 1 aromatic rings. The molecule has 1 rings (SSSR count). The van der Waals surface area contributed by atoms with Crippen LogP contribution in [-0.2, 0) is 0 Å². The summed E-state index contributed by atoms with van der Waals surface area (Å²) in [7, 11) is 0. The lowest BCUT2D eigenvalue weighted by molar-refractivity contribution is 0.245. The standard InChI is InChI=1S/C10H11FO/c1-8(12)5-6-9-3-2-4-10(11)7-9/h2-8,12H,1H3/b6-5+/t8-/m1/s1. The van der Waals surface area contributed by atoms with Crippen molar-refractivity contribution in [2.24, 2.45) is 0 Å². The third kappa shape index (κ3) is 2.84. The Bertz CT molecular complexity index is 279. The van der Waals surface area contributed by atoms with E-state index in [1.165, 1.54) is 12.1 Å². The van der Waals surface area contributed by atoms with Crippen LogP contribution in [0.5, 0.6) is 0 Å². The van der Waals surface area contributed by atoms with Crippen LogP contribution in [-0.4, -0.2) is 11.2 Å². The molecule has 0 saturated heterocycles. The van der Waals surface area contributed by atoms with Crippen LogP contribution in [0.4, 0.5) is 4.39 Å². The molecule has 0 aromatic heterocycles.